The van der Waals surface area contributed by atoms with Crippen molar-refractivity contribution in [2.45, 2.75) is 32.1 Å². The Kier molecular flexibility index (Phi) is 3.07. The normalized spacial score (nSPS) is 15.0. The topological polar surface area (TPSA) is 63.3 Å². The number of carbonyl (C=O) groups is 1. The van der Waals surface area contributed by atoms with Crippen molar-refractivity contribution in [2.75, 3.05) is 6.54 Å². The highest BCUT2D eigenvalue weighted by molar-refractivity contribution is 7.12. The quantitative estimate of drug-likeness (QED) is 0.824. The Bertz CT molecular complexity index is 384. The molecule has 0 spiro atoms. The first-order valence-electron chi connectivity index (χ1n) is 5.30. The van der Waals surface area contributed by atoms with Gasteiger partial charge in [-0.3, -0.25) is 0 Å². The van der Waals surface area contributed by atoms with E-state index in [1.807, 2.05) is 0 Å². The van der Waals surface area contributed by atoms with Gasteiger partial charge < -0.3 is 10.8 Å². The Hall–Kier alpha value is -0.870. The van der Waals surface area contributed by atoms with Gasteiger partial charge in [0.25, 0.3) is 0 Å². The fraction of sp³-hybridized carbons (Fsp3) is 0.545. The van der Waals surface area contributed by atoms with E-state index < -0.39 is 5.97 Å². The van der Waals surface area contributed by atoms with Gasteiger partial charge in [0.1, 0.15) is 0 Å². The molecule has 82 valence electrons. The van der Waals surface area contributed by atoms with Crippen LogP contribution in [0.2, 0.25) is 0 Å². The van der Waals surface area contributed by atoms with Crippen LogP contribution in [-0.2, 0) is 19.3 Å². The summed E-state index contributed by atoms with van der Waals surface area (Å²) in [6, 6.07) is 0. The van der Waals surface area contributed by atoms with Crippen molar-refractivity contribution < 1.29 is 9.90 Å². The molecular weight excluding hydrogens is 210 g/mol. The number of hydrogen-bond donors (Lipinski definition) is 2. The summed E-state index contributed by atoms with van der Waals surface area (Å²) in [6.07, 6.45) is 4.98. The molecule has 4 heteroatoms. The summed E-state index contributed by atoms with van der Waals surface area (Å²) >= 11 is 1.65. The van der Waals surface area contributed by atoms with E-state index in [2.05, 4.69) is 0 Å². The number of carboxylic acids is 1. The third-order valence-electron chi connectivity index (χ3n) is 2.83. The summed E-state index contributed by atoms with van der Waals surface area (Å²) in [5.41, 5.74) is 7.14. The fourth-order valence-electron chi connectivity index (χ4n) is 2.18. The van der Waals surface area contributed by atoms with Crippen molar-refractivity contribution in [1.82, 2.24) is 0 Å². The highest BCUT2D eigenvalue weighted by Crippen LogP contribution is 2.34. The second-order valence-corrected chi connectivity index (χ2v) is 5.04. The maximum Gasteiger partial charge on any atom is 0.337 e. The Morgan fingerprint density at radius 3 is 2.80 bits per heavy atom. The van der Waals surface area contributed by atoms with Crippen molar-refractivity contribution in [2.24, 2.45) is 5.73 Å². The molecule has 1 aromatic rings. The van der Waals surface area contributed by atoms with Crippen LogP contribution < -0.4 is 5.73 Å². The van der Waals surface area contributed by atoms with Gasteiger partial charge in [-0.05, 0) is 44.2 Å². The first kappa shape index (κ1) is 10.6. The van der Waals surface area contributed by atoms with Crippen molar-refractivity contribution in [3.63, 3.8) is 0 Å². The zero-order chi connectivity index (χ0) is 10.8. The highest BCUT2D eigenvalue weighted by Gasteiger charge is 2.24. The molecule has 0 saturated heterocycles. The minimum atomic E-state index is -0.780. The third-order valence-corrected chi connectivity index (χ3v) is 4.18. The van der Waals surface area contributed by atoms with Crippen LogP contribution >= 0.6 is 11.3 Å². The van der Waals surface area contributed by atoms with Gasteiger partial charge in [0.2, 0.25) is 0 Å². The van der Waals surface area contributed by atoms with Gasteiger partial charge in [-0.25, -0.2) is 4.79 Å². The number of hydrogen-bond acceptors (Lipinski definition) is 3. The Labute approximate surface area is 92.9 Å². The monoisotopic (exact) mass is 225 g/mol. The predicted molar refractivity (Wildman–Crippen MR) is 60.7 cm³/mol. The Morgan fingerprint density at radius 2 is 2.13 bits per heavy atom. The van der Waals surface area contributed by atoms with Gasteiger partial charge in [0.05, 0.1) is 5.56 Å². The molecule has 0 aromatic carbocycles. The van der Waals surface area contributed by atoms with Crippen LogP contribution in [0.1, 0.15) is 38.5 Å². The van der Waals surface area contributed by atoms with E-state index in [0.717, 1.165) is 29.7 Å². The minimum Gasteiger partial charge on any atom is -0.478 e. The molecule has 0 amide bonds. The number of nitrogens with two attached hydrogens (primary N) is 1. The van der Waals surface area contributed by atoms with E-state index in [4.69, 9.17) is 5.73 Å². The highest BCUT2D eigenvalue weighted by atomic mass is 32.1. The minimum absolute atomic E-state index is 0.527. The summed E-state index contributed by atoms with van der Waals surface area (Å²) in [5.74, 6) is -0.780. The molecule has 1 aromatic heterocycles. The molecule has 2 rings (SSSR count). The van der Waals surface area contributed by atoms with Crippen LogP contribution in [0.4, 0.5) is 0 Å². The molecule has 15 heavy (non-hydrogen) atoms. The number of thiophene rings is 1. The second-order valence-electron chi connectivity index (χ2n) is 3.85. The van der Waals surface area contributed by atoms with Gasteiger partial charge in [0.15, 0.2) is 0 Å². The van der Waals surface area contributed by atoms with Gasteiger partial charge in [0, 0.05) is 9.75 Å². The lowest BCUT2D eigenvalue weighted by atomic mass is 9.94. The smallest absolute Gasteiger partial charge is 0.337 e. The number of aromatic carboxylic acids is 1. The number of fused-ring (bicyclic) bond motifs is 1. The molecule has 1 heterocycles. The Balaban J connectivity index is 2.46. The van der Waals surface area contributed by atoms with Crippen molar-refractivity contribution in [1.29, 1.82) is 0 Å². The van der Waals surface area contributed by atoms with Crippen molar-refractivity contribution in [3.8, 4) is 0 Å². The maximum absolute atomic E-state index is 11.2. The standard InChI is InChI=1S/C11H15NO2S/c12-6-5-9-10(11(13)14)7-3-1-2-4-8(7)15-9/h1-6,12H2,(H,13,14). The zero-order valence-corrected chi connectivity index (χ0v) is 9.40. The molecular formula is C11H15NO2S. The van der Waals surface area contributed by atoms with E-state index >= 15 is 0 Å². The SMILES string of the molecule is NCCc1sc2c(c1C(=O)O)CCCC2. The van der Waals surface area contributed by atoms with Crippen molar-refractivity contribution in [3.05, 3.63) is 20.9 Å². The van der Waals surface area contributed by atoms with Crippen LogP contribution in [-0.4, -0.2) is 17.6 Å². The first-order valence-corrected chi connectivity index (χ1v) is 6.12. The van der Waals surface area contributed by atoms with Crippen LogP contribution in [0.5, 0.6) is 0 Å². The third kappa shape index (κ3) is 1.92. The van der Waals surface area contributed by atoms with E-state index in [1.165, 1.54) is 11.3 Å². The number of rotatable bonds is 3. The second kappa shape index (κ2) is 4.33. The van der Waals surface area contributed by atoms with Crippen LogP contribution in [0.25, 0.3) is 0 Å². The zero-order valence-electron chi connectivity index (χ0n) is 8.58. The predicted octanol–water partition coefficient (Wildman–Crippen LogP) is 1.83. The molecule has 3 N–H and O–H groups in total. The molecule has 0 bridgehead atoms. The molecule has 0 atom stereocenters. The van der Waals surface area contributed by atoms with Crippen LogP contribution in [0.3, 0.4) is 0 Å². The maximum atomic E-state index is 11.2. The van der Waals surface area contributed by atoms with Gasteiger partial charge in [-0.1, -0.05) is 0 Å². The lowest BCUT2D eigenvalue weighted by Gasteiger charge is -2.10. The van der Waals surface area contributed by atoms with Gasteiger partial charge in [-0.15, -0.1) is 11.3 Å². The van der Waals surface area contributed by atoms with Gasteiger partial charge >= 0.3 is 5.97 Å². The van der Waals surface area contributed by atoms with E-state index in [9.17, 15) is 9.90 Å². The Morgan fingerprint density at radius 1 is 1.40 bits per heavy atom. The average Bonchev–Trinajstić information content (AvgIpc) is 2.56. The summed E-state index contributed by atoms with van der Waals surface area (Å²) in [7, 11) is 0. The molecule has 0 radical (unpaired) electrons. The summed E-state index contributed by atoms with van der Waals surface area (Å²) in [6.45, 7) is 0.527. The summed E-state index contributed by atoms with van der Waals surface area (Å²) in [5, 5.41) is 9.20. The summed E-state index contributed by atoms with van der Waals surface area (Å²) in [4.78, 5) is 13.4. The average molecular weight is 225 g/mol. The van der Waals surface area contributed by atoms with Gasteiger partial charge in [-0.2, -0.15) is 0 Å². The first-order chi connectivity index (χ1) is 7.24. The van der Waals surface area contributed by atoms with Crippen LogP contribution in [0, 0.1) is 0 Å². The number of carboxylic acid groups (broad SMARTS) is 1. The van der Waals surface area contributed by atoms with Crippen molar-refractivity contribution >= 4 is 17.3 Å². The van der Waals surface area contributed by atoms with E-state index in [0.29, 0.717) is 18.5 Å². The molecule has 3 nitrogen and oxygen atoms in total. The molecule has 1 aliphatic carbocycles. The molecule has 0 fully saturated rings. The molecule has 0 unspecified atom stereocenters. The molecule has 0 aliphatic heterocycles. The molecule has 1 aliphatic rings. The van der Waals surface area contributed by atoms with E-state index in [1.54, 1.807) is 11.3 Å². The summed E-state index contributed by atoms with van der Waals surface area (Å²) < 4.78 is 0. The lowest BCUT2D eigenvalue weighted by Crippen LogP contribution is -2.09. The van der Waals surface area contributed by atoms with E-state index in [-0.39, 0.29) is 0 Å². The molecule has 0 saturated carbocycles. The lowest BCUT2D eigenvalue weighted by molar-refractivity contribution is 0.0695. The largest absolute Gasteiger partial charge is 0.478 e. The fourth-order valence-corrected chi connectivity index (χ4v) is 3.58. The van der Waals surface area contributed by atoms with Crippen LogP contribution in [0.15, 0.2) is 0 Å². The number of aryl methyl sites for hydroxylation is 1.